The van der Waals surface area contributed by atoms with Gasteiger partial charge in [-0.3, -0.25) is 9.63 Å². The molecule has 1 amide bonds. The number of nitrogens with zero attached hydrogens (tertiary/aromatic N) is 1. The highest BCUT2D eigenvalue weighted by molar-refractivity contribution is 6.04. The molecule has 2 aromatic carbocycles. The van der Waals surface area contributed by atoms with Gasteiger partial charge < -0.3 is 0 Å². The van der Waals surface area contributed by atoms with E-state index < -0.39 is 0 Å². The largest absolute Gasteiger partial charge is 0.282 e. The van der Waals surface area contributed by atoms with E-state index in [4.69, 9.17) is 4.84 Å². The average Bonchev–Trinajstić information content (AvgIpc) is 2.42. The molecule has 0 saturated heterocycles. The Hall–Kier alpha value is -2.13. The predicted octanol–water partition coefficient (Wildman–Crippen LogP) is 2.69. The number of hydrogen-bond acceptors (Lipinski definition) is 2. The van der Waals surface area contributed by atoms with Crippen LogP contribution in [0.1, 0.15) is 10.4 Å². The molecule has 0 spiro atoms. The first-order valence-electron chi connectivity index (χ1n) is 5.23. The Morgan fingerprint density at radius 1 is 1.12 bits per heavy atom. The van der Waals surface area contributed by atoms with Crippen molar-refractivity contribution in [2.45, 2.75) is 0 Å². The maximum atomic E-state index is 12.1. The summed E-state index contributed by atoms with van der Waals surface area (Å²) in [5, 5.41) is 1.24. The van der Waals surface area contributed by atoms with Gasteiger partial charge in [-0.25, -0.2) is 0 Å². The second-order valence-corrected chi connectivity index (χ2v) is 3.39. The Balaban J connectivity index is 2.29. The quantitative estimate of drug-likeness (QED) is 0.753. The number of rotatable bonds is 3. The molecule has 0 unspecified atom stereocenters. The van der Waals surface area contributed by atoms with Crippen molar-refractivity contribution in [3.8, 4) is 0 Å². The van der Waals surface area contributed by atoms with Gasteiger partial charge in [0.05, 0.1) is 12.8 Å². The molecule has 1 radical (unpaired) electrons. The number of para-hydroxylation sites is 1. The molecule has 0 aliphatic heterocycles. The van der Waals surface area contributed by atoms with Crippen LogP contribution >= 0.6 is 0 Å². The molecule has 0 saturated carbocycles. The molecule has 2 rings (SSSR count). The smallest absolute Gasteiger partial charge is 0.269 e. The zero-order valence-electron chi connectivity index (χ0n) is 9.46. The molecule has 0 N–H and O–H groups in total. The van der Waals surface area contributed by atoms with E-state index in [0.29, 0.717) is 11.3 Å². The fourth-order valence-electron chi connectivity index (χ4n) is 1.50. The summed E-state index contributed by atoms with van der Waals surface area (Å²) in [5.74, 6) is -0.237. The zero-order chi connectivity index (χ0) is 12.1. The van der Waals surface area contributed by atoms with E-state index in [-0.39, 0.29) is 5.91 Å². The van der Waals surface area contributed by atoms with Gasteiger partial charge in [-0.1, -0.05) is 36.4 Å². The van der Waals surface area contributed by atoms with Gasteiger partial charge in [-0.2, -0.15) is 5.06 Å². The first-order chi connectivity index (χ1) is 8.33. The highest BCUT2D eigenvalue weighted by atomic mass is 16.7. The van der Waals surface area contributed by atoms with Crippen molar-refractivity contribution in [2.75, 3.05) is 12.2 Å². The van der Waals surface area contributed by atoms with Gasteiger partial charge in [-0.15, -0.1) is 0 Å². The Labute approximate surface area is 100 Å². The van der Waals surface area contributed by atoms with Gasteiger partial charge in [0.2, 0.25) is 0 Å². The molecule has 3 nitrogen and oxygen atoms in total. The number of benzene rings is 2. The van der Waals surface area contributed by atoms with Crippen LogP contribution in [-0.2, 0) is 4.84 Å². The lowest BCUT2D eigenvalue weighted by Gasteiger charge is -2.19. The van der Waals surface area contributed by atoms with Gasteiger partial charge in [0, 0.05) is 5.56 Å². The first kappa shape index (κ1) is 11.4. The van der Waals surface area contributed by atoms with Crippen LogP contribution in [0.3, 0.4) is 0 Å². The van der Waals surface area contributed by atoms with Crippen LogP contribution in [-0.4, -0.2) is 13.0 Å². The van der Waals surface area contributed by atoms with Crippen LogP contribution in [0.4, 0.5) is 5.69 Å². The third kappa shape index (κ3) is 2.52. The van der Waals surface area contributed by atoms with Gasteiger partial charge in [0.15, 0.2) is 0 Å². The molecule has 0 aliphatic carbocycles. The topological polar surface area (TPSA) is 29.5 Å². The van der Waals surface area contributed by atoms with Gasteiger partial charge in [0.25, 0.3) is 5.91 Å². The molecule has 0 aliphatic rings. The summed E-state index contributed by atoms with van der Waals surface area (Å²) in [7, 11) is 1.47. The lowest BCUT2D eigenvalue weighted by atomic mass is 10.2. The first-order valence-corrected chi connectivity index (χ1v) is 5.23. The van der Waals surface area contributed by atoms with E-state index >= 15 is 0 Å². The van der Waals surface area contributed by atoms with Crippen LogP contribution in [0.2, 0.25) is 0 Å². The minimum atomic E-state index is -0.237. The molecular formula is C14H12NO2. The van der Waals surface area contributed by atoms with E-state index in [1.165, 1.54) is 12.2 Å². The highest BCUT2D eigenvalue weighted by Crippen LogP contribution is 2.16. The number of amides is 1. The van der Waals surface area contributed by atoms with E-state index in [0.717, 1.165) is 0 Å². The van der Waals surface area contributed by atoms with Crippen molar-refractivity contribution in [2.24, 2.45) is 0 Å². The second kappa shape index (κ2) is 5.27. The number of carbonyl (C=O) groups excluding carboxylic acids is 1. The molecule has 2 aromatic rings. The normalized spacial score (nSPS) is 9.94. The molecule has 0 fully saturated rings. The number of carbonyl (C=O) groups is 1. The monoisotopic (exact) mass is 226 g/mol. The Morgan fingerprint density at radius 2 is 1.82 bits per heavy atom. The highest BCUT2D eigenvalue weighted by Gasteiger charge is 2.16. The van der Waals surface area contributed by atoms with E-state index in [9.17, 15) is 4.79 Å². The molecule has 0 atom stereocenters. The predicted molar refractivity (Wildman–Crippen MR) is 65.5 cm³/mol. The van der Waals surface area contributed by atoms with Crippen molar-refractivity contribution >= 4 is 11.6 Å². The fourth-order valence-corrected chi connectivity index (χ4v) is 1.50. The van der Waals surface area contributed by atoms with Crippen molar-refractivity contribution in [1.29, 1.82) is 0 Å². The molecule has 0 heterocycles. The standard InChI is InChI=1S/C14H12NO2/c1-17-15(13-10-6-3-7-11-13)14(16)12-8-4-2-5-9-12/h2-8,10-11H,1H3. The van der Waals surface area contributed by atoms with Crippen molar-refractivity contribution < 1.29 is 9.63 Å². The third-order valence-corrected chi connectivity index (χ3v) is 2.30. The molecule has 3 heteroatoms. The molecular weight excluding hydrogens is 214 g/mol. The minimum Gasteiger partial charge on any atom is -0.269 e. The molecule has 85 valence electrons. The summed E-state index contributed by atoms with van der Waals surface area (Å²) in [6.45, 7) is 0. The summed E-state index contributed by atoms with van der Waals surface area (Å²) in [6, 6.07) is 19.1. The summed E-state index contributed by atoms with van der Waals surface area (Å²) in [5.41, 5.74) is 1.16. The van der Waals surface area contributed by atoms with Gasteiger partial charge in [0.1, 0.15) is 0 Å². The molecule has 17 heavy (non-hydrogen) atoms. The van der Waals surface area contributed by atoms with Crippen LogP contribution in [0, 0.1) is 6.07 Å². The summed E-state index contributed by atoms with van der Waals surface area (Å²) in [6.07, 6.45) is 0. The van der Waals surface area contributed by atoms with Crippen molar-refractivity contribution in [3.05, 3.63) is 66.2 Å². The molecule has 0 bridgehead atoms. The van der Waals surface area contributed by atoms with Crippen LogP contribution < -0.4 is 5.06 Å². The Bertz CT molecular complexity index is 482. The van der Waals surface area contributed by atoms with Crippen LogP contribution in [0.25, 0.3) is 0 Å². The van der Waals surface area contributed by atoms with Crippen molar-refractivity contribution in [1.82, 2.24) is 0 Å². The number of hydrogen-bond donors (Lipinski definition) is 0. The third-order valence-electron chi connectivity index (χ3n) is 2.30. The minimum absolute atomic E-state index is 0.237. The van der Waals surface area contributed by atoms with Crippen molar-refractivity contribution in [3.63, 3.8) is 0 Å². The maximum absolute atomic E-state index is 12.1. The van der Waals surface area contributed by atoms with Crippen LogP contribution in [0.5, 0.6) is 0 Å². The van der Waals surface area contributed by atoms with E-state index in [2.05, 4.69) is 6.07 Å². The average molecular weight is 226 g/mol. The van der Waals surface area contributed by atoms with Crippen LogP contribution in [0.15, 0.2) is 54.6 Å². The van der Waals surface area contributed by atoms with Gasteiger partial charge in [-0.05, 0) is 24.3 Å². The zero-order valence-corrected chi connectivity index (χ0v) is 9.46. The summed E-state index contributed by atoms with van der Waals surface area (Å²) >= 11 is 0. The summed E-state index contributed by atoms with van der Waals surface area (Å²) < 4.78 is 0. The fraction of sp³-hybridized carbons (Fsp3) is 0.0714. The lowest BCUT2D eigenvalue weighted by Crippen LogP contribution is -2.29. The van der Waals surface area contributed by atoms with E-state index in [1.54, 1.807) is 18.2 Å². The van der Waals surface area contributed by atoms with Gasteiger partial charge >= 0.3 is 0 Å². The SMILES string of the molecule is CON(C(=O)c1[c]cccc1)c1ccccc1. The molecule has 0 aromatic heterocycles. The number of hydroxylamine groups is 1. The maximum Gasteiger partial charge on any atom is 0.282 e. The second-order valence-electron chi connectivity index (χ2n) is 3.39. The summed E-state index contributed by atoms with van der Waals surface area (Å²) in [4.78, 5) is 17.3. The Kier molecular flexibility index (Phi) is 3.52. The number of anilines is 1. The Morgan fingerprint density at radius 3 is 2.41 bits per heavy atom. The lowest BCUT2D eigenvalue weighted by molar-refractivity contribution is 0.0773. The van der Waals surface area contributed by atoms with E-state index in [1.807, 2.05) is 36.4 Å².